The summed E-state index contributed by atoms with van der Waals surface area (Å²) in [6.45, 7) is 8.18. The van der Waals surface area contributed by atoms with Crippen LogP contribution in [0.15, 0.2) is 53.6 Å². The Bertz CT molecular complexity index is 1710. The molecule has 9 heteroatoms. The molecule has 200 valence electrons. The van der Waals surface area contributed by atoms with Crippen LogP contribution in [-0.4, -0.2) is 44.5 Å². The number of phenolic OH excluding ortho intramolecular Hbond substituents is 2. The van der Waals surface area contributed by atoms with Crippen molar-refractivity contribution in [2.45, 2.75) is 46.6 Å². The van der Waals surface area contributed by atoms with E-state index >= 15 is 0 Å². The molecule has 1 atom stereocenters. The number of fused-ring (bicyclic) bond motifs is 4. The first-order valence-electron chi connectivity index (χ1n) is 12.5. The second-order valence-corrected chi connectivity index (χ2v) is 10.1. The number of hydrogen-bond donors (Lipinski definition) is 3. The minimum Gasteiger partial charge on any atom is -0.507 e. The molecule has 0 unspecified atom stereocenters. The van der Waals surface area contributed by atoms with Gasteiger partial charge in [-0.05, 0) is 40.7 Å². The number of phenols is 2. The molecule has 0 fully saturated rings. The van der Waals surface area contributed by atoms with Crippen molar-refractivity contribution in [3.8, 4) is 17.2 Å². The van der Waals surface area contributed by atoms with E-state index in [-0.39, 0.29) is 45.3 Å². The van der Waals surface area contributed by atoms with Crippen LogP contribution in [0, 0.1) is 6.92 Å². The molecule has 0 amide bonds. The first-order chi connectivity index (χ1) is 18.4. The van der Waals surface area contributed by atoms with Gasteiger partial charge in [-0.3, -0.25) is 19.2 Å². The fourth-order valence-electron chi connectivity index (χ4n) is 5.53. The number of Topliss-reactive ketones (excluding diaryl/α,β-unsaturated/α-hetero) is 3. The Balaban J connectivity index is 1.49. The Kier molecular flexibility index (Phi) is 5.97. The number of rotatable bonds is 6. The highest BCUT2D eigenvalue weighted by atomic mass is 16.5. The Morgan fingerprint density at radius 2 is 1.74 bits per heavy atom. The van der Waals surface area contributed by atoms with Gasteiger partial charge in [0.25, 0.3) is 0 Å². The number of carbonyl (C=O) groups excluding carboxylic acids is 4. The fourth-order valence-corrected chi connectivity index (χ4v) is 5.53. The number of ether oxygens (including phenoxy) is 1. The molecule has 0 spiro atoms. The van der Waals surface area contributed by atoms with Crippen molar-refractivity contribution >= 4 is 34.0 Å². The number of hydrogen-bond acceptors (Lipinski definition) is 8. The fraction of sp³-hybridized carbons (Fsp3) is 0.267. The van der Waals surface area contributed by atoms with E-state index in [2.05, 4.69) is 5.32 Å². The minimum atomic E-state index is -1.57. The maximum absolute atomic E-state index is 13.9. The zero-order chi connectivity index (χ0) is 28.4. The highest BCUT2D eigenvalue weighted by Crippen LogP contribution is 2.57. The Morgan fingerprint density at radius 3 is 2.41 bits per heavy atom. The number of ketones is 4. The molecule has 3 N–H and O–H groups in total. The lowest BCUT2D eigenvalue weighted by Crippen LogP contribution is -2.41. The van der Waals surface area contributed by atoms with Crippen molar-refractivity contribution in [2.75, 3.05) is 6.54 Å². The van der Waals surface area contributed by atoms with Crippen LogP contribution in [0.4, 0.5) is 0 Å². The number of benzene rings is 2. The standard InChI is InChI=1S/C30H28N2O7/c1-14-26(36)24(17(4)34)28-25(27(14)37)30(5)22(39-28)12-21(35)23(29(30)38)15(2)31-10-11-32-13-19(16(3)33)18-8-6-7-9-20(18)32/h6-9,12-13,31,36-37H,10-11H2,1-5H3/t30-/m0/s1. The highest BCUT2D eigenvalue weighted by molar-refractivity contribution is 6.31. The van der Waals surface area contributed by atoms with Gasteiger partial charge >= 0.3 is 0 Å². The number of aromatic hydroxyl groups is 2. The number of nitrogens with one attached hydrogen (secondary N) is 1. The molecular formula is C30H28N2O7. The third kappa shape index (κ3) is 3.68. The van der Waals surface area contributed by atoms with E-state index < -0.39 is 28.5 Å². The van der Waals surface area contributed by atoms with Crippen molar-refractivity contribution in [2.24, 2.45) is 0 Å². The lowest BCUT2D eigenvalue weighted by atomic mass is 9.70. The normalized spacial score (nSPS) is 19.4. The summed E-state index contributed by atoms with van der Waals surface area (Å²) in [5.41, 5.74) is 0.146. The summed E-state index contributed by atoms with van der Waals surface area (Å²) < 4.78 is 7.74. The maximum Gasteiger partial charge on any atom is 0.194 e. The van der Waals surface area contributed by atoms with Crippen molar-refractivity contribution in [3.05, 3.63) is 75.8 Å². The second kappa shape index (κ2) is 8.97. The zero-order valence-corrected chi connectivity index (χ0v) is 22.3. The number of nitrogens with zero attached hydrogens (tertiary/aromatic N) is 1. The van der Waals surface area contributed by atoms with E-state index in [0.717, 1.165) is 10.9 Å². The molecule has 0 radical (unpaired) electrons. The number of carbonyl (C=O) groups is 4. The van der Waals surface area contributed by atoms with Crippen LogP contribution in [0.25, 0.3) is 10.9 Å². The smallest absolute Gasteiger partial charge is 0.194 e. The second-order valence-electron chi connectivity index (χ2n) is 10.1. The molecule has 1 aromatic heterocycles. The van der Waals surface area contributed by atoms with Gasteiger partial charge in [-0.2, -0.15) is 0 Å². The van der Waals surface area contributed by atoms with Crippen LogP contribution in [0.5, 0.6) is 17.2 Å². The summed E-state index contributed by atoms with van der Waals surface area (Å²) >= 11 is 0. The molecule has 9 nitrogen and oxygen atoms in total. The molecule has 5 rings (SSSR count). The summed E-state index contributed by atoms with van der Waals surface area (Å²) in [5.74, 6) is -2.63. The van der Waals surface area contributed by atoms with Crippen molar-refractivity contribution in [1.29, 1.82) is 0 Å². The van der Waals surface area contributed by atoms with Gasteiger partial charge in [0.05, 0.1) is 11.1 Å². The largest absolute Gasteiger partial charge is 0.507 e. The predicted octanol–water partition coefficient (Wildman–Crippen LogP) is 4.02. The zero-order valence-electron chi connectivity index (χ0n) is 22.3. The Morgan fingerprint density at radius 1 is 1.05 bits per heavy atom. The highest BCUT2D eigenvalue weighted by Gasteiger charge is 2.56. The van der Waals surface area contributed by atoms with Crippen LogP contribution in [0.3, 0.4) is 0 Å². The van der Waals surface area contributed by atoms with E-state index in [4.69, 9.17) is 4.74 Å². The number of allylic oxidation sites excluding steroid dienone is 4. The summed E-state index contributed by atoms with van der Waals surface area (Å²) in [5, 5.41) is 25.5. The first-order valence-corrected chi connectivity index (χ1v) is 12.5. The van der Waals surface area contributed by atoms with E-state index in [1.54, 1.807) is 13.1 Å². The Labute approximate surface area is 224 Å². The van der Waals surface area contributed by atoms with Crippen molar-refractivity contribution < 1.29 is 34.1 Å². The summed E-state index contributed by atoms with van der Waals surface area (Å²) in [7, 11) is 0. The first kappa shape index (κ1) is 26.0. The van der Waals surface area contributed by atoms with Gasteiger partial charge in [0.15, 0.2) is 23.1 Å². The maximum atomic E-state index is 13.9. The lowest BCUT2D eigenvalue weighted by molar-refractivity contribution is -0.123. The van der Waals surface area contributed by atoms with Gasteiger partial charge in [0.2, 0.25) is 0 Å². The van der Waals surface area contributed by atoms with Gasteiger partial charge in [0.1, 0.15) is 34.0 Å². The molecular weight excluding hydrogens is 500 g/mol. The van der Waals surface area contributed by atoms with E-state index in [1.165, 1.54) is 33.8 Å². The summed E-state index contributed by atoms with van der Waals surface area (Å²) in [6, 6.07) is 7.58. The van der Waals surface area contributed by atoms with Crippen LogP contribution in [0.2, 0.25) is 0 Å². The molecule has 3 aromatic rings. The van der Waals surface area contributed by atoms with Crippen LogP contribution < -0.4 is 10.1 Å². The predicted molar refractivity (Wildman–Crippen MR) is 143 cm³/mol. The number of aromatic nitrogens is 1. The third-order valence-corrected chi connectivity index (χ3v) is 7.67. The summed E-state index contributed by atoms with van der Waals surface area (Å²) in [4.78, 5) is 51.5. The lowest BCUT2D eigenvalue weighted by Gasteiger charge is -2.29. The molecule has 2 heterocycles. The molecule has 0 saturated heterocycles. The molecule has 1 aliphatic heterocycles. The van der Waals surface area contributed by atoms with Crippen molar-refractivity contribution in [3.63, 3.8) is 0 Å². The monoisotopic (exact) mass is 528 g/mol. The van der Waals surface area contributed by atoms with Gasteiger partial charge < -0.3 is 24.8 Å². The SMILES string of the molecule is CC(=O)c1c(O)c(C)c(O)c2c1OC1=CC(=O)C(=C(C)NCCn3cc(C(C)=O)c4ccccc43)C(=O)[C@@]12C. The minimum absolute atomic E-state index is 0.0116. The van der Waals surface area contributed by atoms with Crippen molar-refractivity contribution in [1.82, 2.24) is 9.88 Å². The molecule has 2 aliphatic rings. The third-order valence-electron chi connectivity index (χ3n) is 7.67. The van der Waals surface area contributed by atoms with E-state index in [9.17, 15) is 29.4 Å². The van der Waals surface area contributed by atoms with Crippen LogP contribution >= 0.6 is 0 Å². The van der Waals surface area contributed by atoms with Gasteiger partial charge in [-0.15, -0.1) is 0 Å². The molecule has 1 aliphatic carbocycles. The van der Waals surface area contributed by atoms with Gasteiger partial charge in [-0.1, -0.05) is 18.2 Å². The number of para-hydroxylation sites is 1. The molecule has 2 aromatic carbocycles. The molecule has 0 bridgehead atoms. The van der Waals surface area contributed by atoms with E-state index in [0.29, 0.717) is 24.4 Å². The van der Waals surface area contributed by atoms with Crippen LogP contribution in [0.1, 0.15) is 59.5 Å². The summed E-state index contributed by atoms with van der Waals surface area (Å²) in [6.07, 6.45) is 2.99. The quantitative estimate of drug-likeness (QED) is 0.248. The topological polar surface area (TPSA) is 135 Å². The van der Waals surface area contributed by atoms with Gasteiger partial charge in [0, 0.05) is 53.1 Å². The van der Waals surface area contributed by atoms with E-state index in [1.807, 2.05) is 28.8 Å². The van der Waals surface area contributed by atoms with Crippen LogP contribution in [-0.2, 0) is 21.5 Å². The van der Waals surface area contributed by atoms with Gasteiger partial charge in [-0.25, -0.2) is 0 Å². The average Bonchev–Trinajstić information content (AvgIpc) is 3.39. The Hall–Kier alpha value is -4.66. The molecule has 39 heavy (non-hydrogen) atoms. The molecule has 0 saturated carbocycles. The average molecular weight is 529 g/mol.